The smallest absolute Gasteiger partial charge is 0.317 e. The van der Waals surface area contributed by atoms with Gasteiger partial charge in [0.25, 0.3) is 0 Å². The van der Waals surface area contributed by atoms with Gasteiger partial charge in [0.15, 0.2) is 0 Å². The number of nitrogen functional groups attached to an aromatic ring is 1. The predicted octanol–water partition coefficient (Wildman–Crippen LogP) is 3.12. The minimum absolute atomic E-state index is 0.0545. The van der Waals surface area contributed by atoms with E-state index in [0.29, 0.717) is 10.7 Å². The number of hydrogen-bond acceptors (Lipinski definition) is 3. The summed E-state index contributed by atoms with van der Waals surface area (Å²) in [6.45, 7) is 3.76. The Balaban J connectivity index is 2.86. The zero-order valence-corrected chi connectivity index (χ0v) is 10.7. The van der Waals surface area contributed by atoms with Crippen LogP contribution in [-0.2, 0) is 4.79 Å². The average molecular weight is 260 g/mol. The molecule has 5 heteroatoms. The number of nitrogens with two attached hydrogens (primary N) is 1. The molecule has 1 rings (SSSR count). The van der Waals surface area contributed by atoms with E-state index in [2.05, 4.69) is 0 Å². The summed E-state index contributed by atoms with van der Waals surface area (Å²) in [6, 6.07) is 5.16. The van der Waals surface area contributed by atoms with Gasteiger partial charge >= 0.3 is 5.97 Å². The molecule has 0 fully saturated rings. The number of halogens is 1. The molecule has 0 radical (unpaired) electrons. The zero-order valence-electron chi connectivity index (χ0n) is 9.11. The molecule has 88 valence electrons. The lowest BCUT2D eigenvalue weighted by atomic mass is 10.1. The Bertz CT molecular complexity index is 396. The Morgan fingerprint density at radius 3 is 2.56 bits per heavy atom. The van der Waals surface area contributed by atoms with Gasteiger partial charge in [-0.3, -0.25) is 4.79 Å². The normalized spacial score (nSPS) is 12.8. The van der Waals surface area contributed by atoms with Crippen molar-refractivity contribution in [3.05, 3.63) is 23.2 Å². The highest BCUT2D eigenvalue weighted by molar-refractivity contribution is 8.00. The number of carbonyl (C=O) groups is 1. The van der Waals surface area contributed by atoms with E-state index in [1.807, 2.05) is 13.8 Å². The van der Waals surface area contributed by atoms with Gasteiger partial charge in [-0.15, -0.1) is 11.8 Å². The maximum Gasteiger partial charge on any atom is 0.317 e. The number of benzene rings is 1. The molecule has 1 atom stereocenters. The van der Waals surface area contributed by atoms with Gasteiger partial charge in [0.2, 0.25) is 0 Å². The van der Waals surface area contributed by atoms with Crippen LogP contribution in [0.15, 0.2) is 23.1 Å². The monoisotopic (exact) mass is 259 g/mol. The van der Waals surface area contributed by atoms with Crippen LogP contribution in [0.2, 0.25) is 5.02 Å². The van der Waals surface area contributed by atoms with Crippen LogP contribution in [-0.4, -0.2) is 16.3 Å². The number of thioether (sulfide) groups is 1. The van der Waals surface area contributed by atoms with E-state index in [1.165, 1.54) is 11.8 Å². The van der Waals surface area contributed by atoms with E-state index in [9.17, 15) is 4.79 Å². The second-order valence-electron chi connectivity index (χ2n) is 3.80. The maximum absolute atomic E-state index is 11.0. The summed E-state index contributed by atoms with van der Waals surface area (Å²) in [4.78, 5) is 11.8. The summed E-state index contributed by atoms with van der Waals surface area (Å²) in [6.07, 6.45) is 0. The largest absolute Gasteiger partial charge is 0.480 e. The van der Waals surface area contributed by atoms with Crippen molar-refractivity contribution >= 4 is 35.0 Å². The maximum atomic E-state index is 11.0. The minimum atomic E-state index is -0.812. The Morgan fingerprint density at radius 2 is 2.12 bits per heavy atom. The lowest BCUT2D eigenvalue weighted by Crippen LogP contribution is -2.22. The SMILES string of the molecule is CC(C)C(Sc1ccc(N)c(Cl)c1)C(=O)O. The average Bonchev–Trinajstić information content (AvgIpc) is 2.18. The van der Waals surface area contributed by atoms with Crippen LogP contribution in [0.3, 0.4) is 0 Å². The molecule has 0 saturated heterocycles. The van der Waals surface area contributed by atoms with Crippen molar-refractivity contribution in [2.24, 2.45) is 5.92 Å². The van der Waals surface area contributed by atoms with Crippen LogP contribution in [0.25, 0.3) is 0 Å². The molecule has 0 bridgehead atoms. The van der Waals surface area contributed by atoms with E-state index >= 15 is 0 Å². The molecule has 1 unspecified atom stereocenters. The van der Waals surface area contributed by atoms with Gasteiger partial charge in [-0.05, 0) is 24.1 Å². The number of anilines is 1. The number of carboxylic acids is 1. The quantitative estimate of drug-likeness (QED) is 0.644. The molecule has 1 aromatic carbocycles. The summed E-state index contributed by atoms with van der Waals surface area (Å²) in [5, 5.41) is 9.03. The first kappa shape index (κ1) is 13.2. The molecule has 16 heavy (non-hydrogen) atoms. The lowest BCUT2D eigenvalue weighted by Gasteiger charge is -2.15. The first-order valence-corrected chi connectivity index (χ1v) is 6.12. The number of hydrogen-bond donors (Lipinski definition) is 2. The van der Waals surface area contributed by atoms with E-state index < -0.39 is 11.2 Å². The Morgan fingerprint density at radius 1 is 1.50 bits per heavy atom. The van der Waals surface area contributed by atoms with Gasteiger partial charge < -0.3 is 10.8 Å². The second kappa shape index (κ2) is 5.46. The second-order valence-corrected chi connectivity index (χ2v) is 5.43. The van der Waals surface area contributed by atoms with Crippen LogP contribution in [0.4, 0.5) is 5.69 Å². The standard InChI is InChI=1S/C11H14ClNO2S/c1-6(2)10(11(14)15)16-7-3-4-9(13)8(12)5-7/h3-6,10H,13H2,1-2H3,(H,14,15). The number of rotatable bonds is 4. The molecule has 0 aromatic heterocycles. The summed E-state index contributed by atoms with van der Waals surface area (Å²) >= 11 is 7.16. The molecule has 1 aromatic rings. The van der Waals surface area contributed by atoms with Crippen LogP contribution in [0, 0.1) is 5.92 Å². The van der Waals surface area contributed by atoms with Gasteiger partial charge in [0.05, 0.1) is 10.7 Å². The molecular formula is C11H14ClNO2S. The summed E-state index contributed by atoms with van der Waals surface area (Å²) in [5.74, 6) is -0.758. The van der Waals surface area contributed by atoms with Crippen LogP contribution in [0.1, 0.15) is 13.8 Å². The Labute approximate surface area is 104 Å². The first-order valence-electron chi connectivity index (χ1n) is 4.86. The topological polar surface area (TPSA) is 63.3 Å². The van der Waals surface area contributed by atoms with Crippen molar-refractivity contribution in [3.63, 3.8) is 0 Å². The lowest BCUT2D eigenvalue weighted by molar-refractivity contribution is -0.137. The third-order valence-electron chi connectivity index (χ3n) is 2.08. The third kappa shape index (κ3) is 3.32. The molecule has 0 aliphatic heterocycles. The van der Waals surface area contributed by atoms with Crippen molar-refractivity contribution in [2.45, 2.75) is 24.0 Å². The van der Waals surface area contributed by atoms with Crippen LogP contribution < -0.4 is 5.73 Å². The molecule has 0 heterocycles. The molecule has 3 N–H and O–H groups in total. The van der Waals surface area contributed by atoms with Gasteiger partial charge in [-0.25, -0.2) is 0 Å². The highest BCUT2D eigenvalue weighted by atomic mass is 35.5. The fraction of sp³-hybridized carbons (Fsp3) is 0.364. The number of carboxylic acid groups (broad SMARTS) is 1. The molecule has 0 spiro atoms. The van der Waals surface area contributed by atoms with Crippen molar-refractivity contribution in [1.29, 1.82) is 0 Å². The predicted molar refractivity (Wildman–Crippen MR) is 68.0 cm³/mol. The molecule has 0 amide bonds. The van der Waals surface area contributed by atoms with E-state index in [-0.39, 0.29) is 5.92 Å². The fourth-order valence-electron chi connectivity index (χ4n) is 1.20. The fourth-order valence-corrected chi connectivity index (χ4v) is 2.44. The molecular weight excluding hydrogens is 246 g/mol. The van der Waals surface area contributed by atoms with Crippen LogP contribution >= 0.6 is 23.4 Å². The Kier molecular flexibility index (Phi) is 4.50. The van der Waals surface area contributed by atoms with E-state index in [1.54, 1.807) is 18.2 Å². The van der Waals surface area contributed by atoms with E-state index in [4.69, 9.17) is 22.4 Å². The van der Waals surface area contributed by atoms with Crippen molar-refractivity contribution in [1.82, 2.24) is 0 Å². The van der Waals surface area contributed by atoms with Crippen molar-refractivity contribution in [2.75, 3.05) is 5.73 Å². The summed E-state index contributed by atoms with van der Waals surface area (Å²) in [7, 11) is 0. The third-order valence-corrected chi connectivity index (χ3v) is 3.94. The first-order chi connectivity index (χ1) is 7.41. The van der Waals surface area contributed by atoms with Gasteiger partial charge in [-0.2, -0.15) is 0 Å². The van der Waals surface area contributed by atoms with E-state index in [0.717, 1.165) is 4.90 Å². The summed E-state index contributed by atoms with van der Waals surface area (Å²) < 4.78 is 0. The van der Waals surface area contributed by atoms with Gasteiger partial charge in [0, 0.05) is 4.90 Å². The van der Waals surface area contributed by atoms with Gasteiger partial charge in [0.1, 0.15) is 5.25 Å². The molecule has 0 aliphatic rings. The molecule has 0 saturated carbocycles. The zero-order chi connectivity index (χ0) is 12.3. The Hall–Kier alpha value is -0.870. The molecule has 0 aliphatic carbocycles. The van der Waals surface area contributed by atoms with Crippen LogP contribution in [0.5, 0.6) is 0 Å². The highest BCUT2D eigenvalue weighted by Gasteiger charge is 2.22. The van der Waals surface area contributed by atoms with Crippen molar-refractivity contribution in [3.8, 4) is 0 Å². The minimum Gasteiger partial charge on any atom is -0.480 e. The van der Waals surface area contributed by atoms with Crippen molar-refractivity contribution < 1.29 is 9.90 Å². The highest BCUT2D eigenvalue weighted by Crippen LogP contribution is 2.32. The molecule has 3 nitrogen and oxygen atoms in total. The van der Waals surface area contributed by atoms with Gasteiger partial charge in [-0.1, -0.05) is 25.4 Å². The number of aliphatic carboxylic acids is 1. The summed E-state index contributed by atoms with van der Waals surface area (Å²) in [5.41, 5.74) is 6.08.